The van der Waals surface area contributed by atoms with Gasteiger partial charge in [-0.25, -0.2) is 0 Å². The Morgan fingerprint density at radius 2 is 1.06 bits per heavy atom. The van der Waals surface area contributed by atoms with Crippen molar-refractivity contribution >= 4 is 60.8 Å². The average molecular weight is 645 g/mol. The van der Waals surface area contributed by atoms with Crippen LogP contribution in [0.4, 0.5) is 17.1 Å². The van der Waals surface area contributed by atoms with E-state index in [2.05, 4.69) is 139 Å². The molecule has 4 heteroatoms. The molecule has 0 unspecified atom stereocenters. The van der Waals surface area contributed by atoms with Crippen LogP contribution in [0.2, 0.25) is 0 Å². The van der Waals surface area contributed by atoms with E-state index in [4.69, 9.17) is 4.42 Å². The molecule has 0 atom stereocenters. The summed E-state index contributed by atoms with van der Waals surface area (Å²) in [7, 11) is 0. The van der Waals surface area contributed by atoms with Gasteiger partial charge in [-0.2, -0.15) is 0 Å². The van der Waals surface area contributed by atoms with Gasteiger partial charge in [0.05, 0.1) is 33.2 Å². The fraction of sp³-hybridized carbons (Fsp3) is 0.0652. The van der Waals surface area contributed by atoms with E-state index in [-0.39, 0.29) is 10.8 Å². The maximum absolute atomic E-state index is 13.1. The van der Waals surface area contributed by atoms with Gasteiger partial charge in [-0.15, -0.1) is 0 Å². The second-order valence-corrected chi connectivity index (χ2v) is 13.7. The van der Waals surface area contributed by atoms with Crippen molar-refractivity contribution in [3.8, 4) is 16.8 Å². The van der Waals surface area contributed by atoms with Crippen molar-refractivity contribution in [3.05, 3.63) is 179 Å². The molecule has 0 radical (unpaired) electrons. The lowest BCUT2D eigenvalue weighted by Gasteiger charge is -2.42. The van der Waals surface area contributed by atoms with Crippen LogP contribution in [-0.2, 0) is 5.41 Å². The molecule has 0 aliphatic carbocycles. The highest BCUT2D eigenvalue weighted by atomic mass is 16.3. The fourth-order valence-electron chi connectivity index (χ4n) is 8.11. The Labute approximate surface area is 289 Å². The van der Waals surface area contributed by atoms with Gasteiger partial charge in [0, 0.05) is 27.6 Å². The minimum atomic E-state index is -0.106. The predicted molar refractivity (Wildman–Crippen MR) is 207 cm³/mol. The summed E-state index contributed by atoms with van der Waals surface area (Å²) in [5.74, 6) is 0. The van der Waals surface area contributed by atoms with Gasteiger partial charge in [-0.1, -0.05) is 98.8 Å². The molecule has 9 aromatic rings. The zero-order valence-electron chi connectivity index (χ0n) is 27.7. The molecule has 0 fully saturated rings. The van der Waals surface area contributed by atoms with Crippen molar-refractivity contribution < 1.29 is 4.42 Å². The standard InChI is InChI=1S/C46H32N2O2/c1-46(2)37-13-5-8-16-41(37)48(42-17-9-6-14-38(42)46)32-24-26-40-36(28-32)33-11-3-7-15-39(33)47(40)31-22-19-29(20-23-31)30-21-25-35-44(27-30)50-43-18-10-4-12-34(43)45(35)49/h3-28H,1-2H3. The first-order valence-electron chi connectivity index (χ1n) is 17.1. The average Bonchev–Trinajstić information content (AvgIpc) is 3.49. The van der Waals surface area contributed by atoms with E-state index in [9.17, 15) is 4.79 Å². The van der Waals surface area contributed by atoms with Gasteiger partial charge in [-0.3, -0.25) is 4.79 Å². The molecular weight excluding hydrogens is 613 g/mol. The van der Waals surface area contributed by atoms with Crippen LogP contribution in [-0.4, -0.2) is 4.57 Å². The maximum Gasteiger partial charge on any atom is 0.200 e. The Hall–Kier alpha value is -6.39. The van der Waals surface area contributed by atoms with E-state index in [0.29, 0.717) is 21.9 Å². The Balaban J connectivity index is 1.09. The van der Waals surface area contributed by atoms with Crippen molar-refractivity contribution in [2.75, 3.05) is 4.90 Å². The van der Waals surface area contributed by atoms with Gasteiger partial charge >= 0.3 is 0 Å². The summed E-state index contributed by atoms with van der Waals surface area (Å²) in [6.45, 7) is 4.65. The topological polar surface area (TPSA) is 38.4 Å². The molecule has 0 saturated carbocycles. The number of benzene rings is 7. The second-order valence-electron chi connectivity index (χ2n) is 13.7. The largest absolute Gasteiger partial charge is 0.456 e. The fourth-order valence-corrected chi connectivity index (χ4v) is 8.11. The lowest BCUT2D eigenvalue weighted by atomic mass is 9.73. The molecule has 50 heavy (non-hydrogen) atoms. The smallest absolute Gasteiger partial charge is 0.200 e. The molecule has 0 spiro atoms. The molecule has 0 saturated heterocycles. The minimum absolute atomic E-state index is 0.00388. The number of rotatable bonds is 3. The second kappa shape index (κ2) is 10.6. The molecule has 0 amide bonds. The van der Waals surface area contributed by atoms with Crippen LogP contribution in [0.1, 0.15) is 25.0 Å². The van der Waals surface area contributed by atoms with Gasteiger partial charge in [0.25, 0.3) is 0 Å². The highest BCUT2D eigenvalue weighted by molar-refractivity contribution is 6.11. The predicted octanol–water partition coefficient (Wildman–Crippen LogP) is 11.8. The summed E-state index contributed by atoms with van der Waals surface area (Å²) < 4.78 is 8.52. The van der Waals surface area contributed by atoms with E-state index in [0.717, 1.165) is 33.5 Å². The monoisotopic (exact) mass is 644 g/mol. The molecule has 0 N–H and O–H groups in total. The van der Waals surface area contributed by atoms with E-state index < -0.39 is 0 Å². The van der Waals surface area contributed by atoms with Crippen LogP contribution in [0, 0.1) is 0 Å². The SMILES string of the molecule is CC1(C)c2ccccc2N(c2ccc3c(c2)c2ccccc2n3-c2ccc(-c3ccc4c(=O)c5ccccc5oc4c3)cc2)c2ccccc21. The van der Waals surface area contributed by atoms with Crippen LogP contribution in [0.15, 0.2) is 167 Å². The maximum atomic E-state index is 13.1. The molecule has 1 aliphatic heterocycles. The van der Waals surface area contributed by atoms with Crippen molar-refractivity contribution in [1.29, 1.82) is 0 Å². The van der Waals surface area contributed by atoms with E-state index in [1.807, 2.05) is 42.5 Å². The molecule has 0 bridgehead atoms. The lowest BCUT2D eigenvalue weighted by molar-refractivity contribution is 0.632. The van der Waals surface area contributed by atoms with Gasteiger partial charge < -0.3 is 13.9 Å². The third-order valence-corrected chi connectivity index (χ3v) is 10.6. The van der Waals surface area contributed by atoms with Gasteiger partial charge in [0.15, 0.2) is 0 Å². The highest BCUT2D eigenvalue weighted by Crippen LogP contribution is 2.52. The molecule has 1 aliphatic rings. The van der Waals surface area contributed by atoms with Crippen LogP contribution < -0.4 is 10.3 Å². The minimum Gasteiger partial charge on any atom is -0.456 e. The summed E-state index contributed by atoms with van der Waals surface area (Å²) in [5, 5.41) is 3.61. The molecule has 7 aromatic carbocycles. The Bertz CT molecular complexity index is 2830. The molecule has 238 valence electrons. The molecular formula is C46H32N2O2. The summed E-state index contributed by atoms with van der Waals surface area (Å²) in [5.41, 5.74) is 12.8. The van der Waals surface area contributed by atoms with Crippen molar-refractivity contribution in [2.45, 2.75) is 19.3 Å². The number of fused-ring (bicyclic) bond motifs is 7. The van der Waals surface area contributed by atoms with Crippen molar-refractivity contribution in [3.63, 3.8) is 0 Å². The first-order valence-corrected chi connectivity index (χ1v) is 17.1. The third-order valence-electron chi connectivity index (χ3n) is 10.6. The zero-order chi connectivity index (χ0) is 33.6. The van der Waals surface area contributed by atoms with Crippen LogP contribution in [0.25, 0.3) is 60.6 Å². The summed E-state index contributed by atoms with van der Waals surface area (Å²) in [6, 6.07) is 55.0. The number of nitrogens with zero attached hydrogens (tertiary/aromatic N) is 2. The first kappa shape index (κ1) is 28.6. The molecule has 3 heterocycles. The Kier molecular flexibility index (Phi) is 6.04. The third kappa shape index (κ3) is 4.08. The normalized spacial score (nSPS) is 13.6. The first-order chi connectivity index (χ1) is 24.5. The van der Waals surface area contributed by atoms with Crippen LogP contribution in [0.3, 0.4) is 0 Å². The zero-order valence-corrected chi connectivity index (χ0v) is 27.7. The molecule has 10 rings (SSSR count). The number of para-hydroxylation sites is 4. The van der Waals surface area contributed by atoms with E-state index in [1.54, 1.807) is 0 Å². The number of hydrogen-bond acceptors (Lipinski definition) is 3. The van der Waals surface area contributed by atoms with E-state index >= 15 is 0 Å². The Morgan fingerprint density at radius 1 is 0.480 bits per heavy atom. The molecule has 4 nitrogen and oxygen atoms in total. The number of aromatic nitrogens is 1. The summed E-state index contributed by atoms with van der Waals surface area (Å²) >= 11 is 0. The van der Waals surface area contributed by atoms with Gasteiger partial charge in [0.2, 0.25) is 5.43 Å². The van der Waals surface area contributed by atoms with E-state index in [1.165, 1.54) is 33.3 Å². The van der Waals surface area contributed by atoms with Gasteiger partial charge in [0.1, 0.15) is 11.2 Å². The number of anilines is 3. The summed E-state index contributed by atoms with van der Waals surface area (Å²) in [6.07, 6.45) is 0. The number of hydrogen-bond donors (Lipinski definition) is 0. The van der Waals surface area contributed by atoms with Crippen molar-refractivity contribution in [2.24, 2.45) is 0 Å². The molecule has 2 aromatic heterocycles. The lowest BCUT2D eigenvalue weighted by Crippen LogP contribution is -2.30. The highest BCUT2D eigenvalue weighted by Gasteiger charge is 2.36. The Morgan fingerprint density at radius 3 is 1.82 bits per heavy atom. The van der Waals surface area contributed by atoms with Crippen LogP contribution in [0.5, 0.6) is 0 Å². The van der Waals surface area contributed by atoms with Gasteiger partial charge in [-0.05, 0) is 95.1 Å². The van der Waals surface area contributed by atoms with Crippen LogP contribution >= 0.6 is 0 Å². The quantitative estimate of drug-likeness (QED) is 0.180. The van der Waals surface area contributed by atoms with Crippen molar-refractivity contribution in [1.82, 2.24) is 4.57 Å². The summed E-state index contributed by atoms with van der Waals surface area (Å²) in [4.78, 5) is 15.5.